The number of fused-ring (bicyclic) bond motifs is 2. The average Bonchev–Trinajstić information content (AvgIpc) is 2.51. The van der Waals surface area contributed by atoms with Crippen molar-refractivity contribution < 1.29 is 0 Å². The molecule has 0 radical (unpaired) electrons. The normalized spacial score (nSPS) is 32.2. The Morgan fingerprint density at radius 1 is 1.15 bits per heavy atom. The lowest BCUT2D eigenvalue weighted by Gasteiger charge is -2.13. The third-order valence-electron chi connectivity index (χ3n) is 3.79. The summed E-state index contributed by atoms with van der Waals surface area (Å²) in [5.74, 6) is 0. The molecular weight excluding hydrogens is 156 g/mol. The van der Waals surface area contributed by atoms with Crippen LogP contribution in [-0.2, 0) is 5.41 Å². The highest BCUT2D eigenvalue weighted by Crippen LogP contribution is 2.67. The van der Waals surface area contributed by atoms with Gasteiger partial charge in [0.05, 0.1) is 0 Å². The Bertz CT molecular complexity index is 398. The Morgan fingerprint density at radius 2 is 1.85 bits per heavy atom. The third kappa shape index (κ3) is 0.720. The van der Waals surface area contributed by atoms with Gasteiger partial charge in [-0.1, -0.05) is 50.3 Å². The maximum absolute atomic E-state index is 2.40. The van der Waals surface area contributed by atoms with E-state index in [-0.39, 0.29) is 0 Å². The summed E-state index contributed by atoms with van der Waals surface area (Å²) in [6.45, 7) is 4.72. The molecule has 2 aliphatic carbocycles. The molecule has 1 spiro atoms. The van der Waals surface area contributed by atoms with E-state index in [1.165, 1.54) is 12.0 Å². The van der Waals surface area contributed by atoms with E-state index in [1.807, 2.05) is 0 Å². The fraction of sp³-hybridized carbons (Fsp3) is 0.385. The summed E-state index contributed by atoms with van der Waals surface area (Å²) in [5.41, 5.74) is 3.84. The standard InChI is InChI=1S/C13H14/c1-12(2)9-13(12)8-7-10-5-3-4-6-11(10)13/h3-8H,9H2,1-2H3. The van der Waals surface area contributed by atoms with E-state index in [9.17, 15) is 0 Å². The summed E-state index contributed by atoms with van der Waals surface area (Å²) < 4.78 is 0. The monoisotopic (exact) mass is 170 g/mol. The van der Waals surface area contributed by atoms with Gasteiger partial charge < -0.3 is 0 Å². The van der Waals surface area contributed by atoms with Crippen LogP contribution in [0.3, 0.4) is 0 Å². The van der Waals surface area contributed by atoms with Crippen LogP contribution in [0.4, 0.5) is 0 Å². The Balaban J connectivity index is 2.20. The number of rotatable bonds is 0. The largest absolute Gasteiger partial charge is 0.0728 e. The molecule has 66 valence electrons. The molecule has 13 heavy (non-hydrogen) atoms. The molecular formula is C13H14. The predicted octanol–water partition coefficient (Wildman–Crippen LogP) is 3.38. The molecule has 0 amide bonds. The van der Waals surface area contributed by atoms with Crippen molar-refractivity contribution in [2.24, 2.45) is 5.41 Å². The quantitative estimate of drug-likeness (QED) is 0.560. The van der Waals surface area contributed by atoms with E-state index in [2.05, 4.69) is 50.3 Å². The van der Waals surface area contributed by atoms with Gasteiger partial charge in [-0.15, -0.1) is 0 Å². The van der Waals surface area contributed by atoms with Crippen molar-refractivity contribution in [1.82, 2.24) is 0 Å². The van der Waals surface area contributed by atoms with Crippen LogP contribution in [0.15, 0.2) is 30.3 Å². The molecule has 2 aliphatic rings. The van der Waals surface area contributed by atoms with Gasteiger partial charge in [-0.2, -0.15) is 0 Å². The molecule has 1 aromatic rings. The number of allylic oxidation sites excluding steroid dienone is 1. The SMILES string of the molecule is CC1(C)CC12C=Cc1ccccc12. The van der Waals surface area contributed by atoms with Crippen molar-refractivity contribution in [2.75, 3.05) is 0 Å². The molecule has 1 atom stereocenters. The van der Waals surface area contributed by atoms with Gasteiger partial charge in [0.1, 0.15) is 0 Å². The summed E-state index contributed by atoms with van der Waals surface area (Å²) in [6.07, 6.45) is 6.00. The van der Waals surface area contributed by atoms with Crippen molar-refractivity contribution >= 4 is 6.08 Å². The fourth-order valence-electron chi connectivity index (χ4n) is 2.77. The lowest BCUT2D eigenvalue weighted by molar-refractivity contribution is 0.568. The second-order valence-electron chi connectivity index (χ2n) is 4.95. The highest BCUT2D eigenvalue weighted by Gasteiger charge is 2.62. The second-order valence-corrected chi connectivity index (χ2v) is 4.95. The van der Waals surface area contributed by atoms with Crippen molar-refractivity contribution in [3.05, 3.63) is 41.5 Å². The lowest BCUT2D eigenvalue weighted by Crippen LogP contribution is -2.08. The summed E-state index contributed by atoms with van der Waals surface area (Å²) >= 11 is 0. The molecule has 0 aliphatic heterocycles. The second kappa shape index (κ2) is 1.89. The molecule has 0 nitrogen and oxygen atoms in total. The predicted molar refractivity (Wildman–Crippen MR) is 55.6 cm³/mol. The first-order chi connectivity index (χ1) is 6.16. The Hall–Kier alpha value is -1.04. The van der Waals surface area contributed by atoms with Gasteiger partial charge in [-0.3, -0.25) is 0 Å². The topological polar surface area (TPSA) is 0 Å². The number of benzene rings is 1. The molecule has 1 aromatic carbocycles. The maximum atomic E-state index is 2.40. The third-order valence-corrected chi connectivity index (χ3v) is 3.79. The van der Waals surface area contributed by atoms with Crippen LogP contribution >= 0.6 is 0 Å². The van der Waals surface area contributed by atoms with Gasteiger partial charge in [0.25, 0.3) is 0 Å². The van der Waals surface area contributed by atoms with Crippen molar-refractivity contribution in [3.8, 4) is 0 Å². The first-order valence-corrected chi connectivity index (χ1v) is 4.95. The van der Waals surface area contributed by atoms with Gasteiger partial charge in [0.15, 0.2) is 0 Å². The molecule has 1 unspecified atom stereocenters. The van der Waals surface area contributed by atoms with Crippen molar-refractivity contribution in [2.45, 2.75) is 25.7 Å². The van der Waals surface area contributed by atoms with Crippen LogP contribution in [0.1, 0.15) is 31.4 Å². The molecule has 0 aromatic heterocycles. The van der Waals surface area contributed by atoms with Gasteiger partial charge >= 0.3 is 0 Å². The number of hydrogen-bond acceptors (Lipinski definition) is 0. The highest BCUT2D eigenvalue weighted by atomic mass is 14.6. The fourth-order valence-corrected chi connectivity index (χ4v) is 2.77. The van der Waals surface area contributed by atoms with Crippen LogP contribution in [0.2, 0.25) is 0 Å². The van der Waals surface area contributed by atoms with Crippen molar-refractivity contribution in [1.29, 1.82) is 0 Å². The molecule has 0 heterocycles. The first-order valence-electron chi connectivity index (χ1n) is 4.95. The minimum absolute atomic E-state index is 0.392. The van der Waals surface area contributed by atoms with E-state index in [1.54, 1.807) is 5.56 Å². The molecule has 0 bridgehead atoms. The van der Waals surface area contributed by atoms with E-state index in [4.69, 9.17) is 0 Å². The molecule has 3 rings (SSSR count). The summed E-state index contributed by atoms with van der Waals surface area (Å²) in [6, 6.07) is 8.78. The van der Waals surface area contributed by atoms with Crippen LogP contribution in [0, 0.1) is 5.41 Å². The maximum Gasteiger partial charge on any atom is 0.0198 e. The van der Waals surface area contributed by atoms with E-state index < -0.39 is 0 Å². The van der Waals surface area contributed by atoms with Gasteiger partial charge in [0, 0.05) is 5.41 Å². The van der Waals surface area contributed by atoms with Gasteiger partial charge in [-0.05, 0) is 23.0 Å². The van der Waals surface area contributed by atoms with Crippen LogP contribution in [0.5, 0.6) is 0 Å². The van der Waals surface area contributed by atoms with Crippen LogP contribution in [0.25, 0.3) is 6.08 Å². The summed E-state index contributed by atoms with van der Waals surface area (Å²) in [7, 11) is 0. The van der Waals surface area contributed by atoms with Gasteiger partial charge in [-0.25, -0.2) is 0 Å². The first kappa shape index (κ1) is 7.37. The van der Waals surface area contributed by atoms with Crippen molar-refractivity contribution in [3.63, 3.8) is 0 Å². The molecule has 1 saturated carbocycles. The zero-order valence-electron chi connectivity index (χ0n) is 8.17. The minimum atomic E-state index is 0.392. The zero-order valence-corrected chi connectivity index (χ0v) is 8.17. The average molecular weight is 170 g/mol. The van der Waals surface area contributed by atoms with Gasteiger partial charge in [0.2, 0.25) is 0 Å². The molecule has 1 fully saturated rings. The van der Waals surface area contributed by atoms with E-state index in [0.717, 1.165) is 0 Å². The van der Waals surface area contributed by atoms with Crippen LogP contribution < -0.4 is 0 Å². The zero-order chi connectivity index (χ0) is 9.10. The Labute approximate surface area is 79.3 Å². The molecule has 0 saturated heterocycles. The Morgan fingerprint density at radius 3 is 2.54 bits per heavy atom. The Kier molecular flexibility index (Phi) is 1.07. The highest BCUT2D eigenvalue weighted by molar-refractivity contribution is 5.69. The smallest absolute Gasteiger partial charge is 0.0198 e. The molecule has 0 heteroatoms. The lowest BCUT2D eigenvalue weighted by atomic mass is 9.90. The van der Waals surface area contributed by atoms with E-state index >= 15 is 0 Å². The molecule has 0 N–H and O–H groups in total. The minimum Gasteiger partial charge on any atom is -0.0728 e. The van der Waals surface area contributed by atoms with E-state index in [0.29, 0.717) is 10.8 Å². The number of hydrogen-bond donors (Lipinski definition) is 0. The van der Waals surface area contributed by atoms with Crippen LogP contribution in [-0.4, -0.2) is 0 Å². The summed E-state index contributed by atoms with van der Waals surface area (Å²) in [4.78, 5) is 0. The summed E-state index contributed by atoms with van der Waals surface area (Å²) in [5, 5.41) is 0.